The highest BCUT2D eigenvalue weighted by Gasteiger charge is 2.38. The number of pyridine rings is 1. The lowest BCUT2D eigenvalue weighted by Gasteiger charge is -2.12. The van der Waals surface area contributed by atoms with Gasteiger partial charge in [-0.15, -0.1) is 0 Å². The van der Waals surface area contributed by atoms with Gasteiger partial charge in [0, 0.05) is 6.20 Å². The zero-order chi connectivity index (χ0) is 23.1. The highest BCUT2D eigenvalue weighted by atomic mass is 19.4. The van der Waals surface area contributed by atoms with Crippen LogP contribution in [0, 0.1) is 5.82 Å². The van der Waals surface area contributed by atoms with Crippen molar-refractivity contribution in [2.75, 3.05) is 0 Å². The maximum Gasteiger partial charge on any atom is 0.471 e. The summed E-state index contributed by atoms with van der Waals surface area (Å²) in [5, 5.41) is 3.10. The number of aromatic nitrogens is 5. The Balaban J connectivity index is 1.56. The van der Waals surface area contributed by atoms with Crippen LogP contribution in [0.4, 0.5) is 30.7 Å². The first-order valence-corrected chi connectivity index (χ1v) is 8.72. The largest absolute Gasteiger partial charge is 0.471 e. The second-order valence-electron chi connectivity index (χ2n) is 6.47. The summed E-state index contributed by atoms with van der Waals surface area (Å²) in [6.45, 7) is -1.78. The Bertz CT molecular complexity index is 1260. The number of benzene rings is 1. The summed E-state index contributed by atoms with van der Waals surface area (Å²) in [5.41, 5.74) is -0.0596. The van der Waals surface area contributed by atoms with E-state index < -0.39 is 36.4 Å². The van der Waals surface area contributed by atoms with E-state index >= 15 is 0 Å². The van der Waals surface area contributed by atoms with Gasteiger partial charge in [-0.3, -0.25) is 4.57 Å². The third-order valence-electron chi connectivity index (χ3n) is 4.12. The van der Waals surface area contributed by atoms with Gasteiger partial charge >= 0.3 is 18.2 Å². The lowest BCUT2D eigenvalue weighted by molar-refractivity contribution is -0.159. The molecule has 7 nitrogen and oxygen atoms in total. The fourth-order valence-electron chi connectivity index (χ4n) is 2.80. The summed E-state index contributed by atoms with van der Waals surface area (Å²) in [6.07, 6.45) is -8.15. The summed E-state index contributed by atoms with van der Waals surface area (Å²) in [7, 11) is 0. The minimum absolute atomic E-state index is 0.0427. The van der Waals surface area contributed by atoms with E-state index in [1.165, 1.54) is 24.4 Å². The van der Waals surface area contributed by atoms with E-state index in [4.69, 9.17) is 4.74 Å². The smallest absolute Gasteiger partial charge is 0.460 e. The van der Waals surface area contributed by atoms with E-state index in [0.29, 0.717) is 0 Å². The topological polar surface area (TPSA) is 78.9 Å². The van der Waals surface area contributed by atoms with Crippen LogP contribution in [0.5, 0.6) is 6.01 Å². The van der Waals surface area contributed by atoms with Crippen molar-refractivity contribution >= 4 is 11.2 Å². The van der Waals surface area contributed by atoms with Crippen molar-refractivity contribution in [2.45, 2.75) is 25.5 Å². The lowest BCUT2D eigenvalue weighted by Crippen LogP contribution is -2.19. The number of alkyl halides is 6. The van der Waals surface area contributed by atoms with Crippen LogP contribution in [0.1, 0.15) is 11.5 Å². The molecule has 0 atom stereocenters. The Hall–Kier alpha value is -3.71. The number of imidazole rings is 1. The molecule has 0 aliphatic carbocycles. The van der Waals surface area contributed by atoms with Crippen molar-refractivity contribution in [3.8, 4) is 17.4 Å². The molecule has 0 spiro atoms. The molecule has 0 bridgehead atoms. The number of hydrogen-bond acceptors (Lipinski definition) is 6. The Kier molecular flexibility index (Phi) is 5.22. The number of nitrogens with zero attached hydrogens (tertiary/aromatic N) is 5. The summed E-state index contributed by atoms with van der Waals surface area (Å²) in [5.74, 6) is -3.22. The van der Waals surface area contributed by atoms with Crippen molar-refractivity contribution in [2.24, 2.45) is 0 Å². The molecule has 32 heavy (non-hydrogen) atoms. The van der Waals surface area contributed by atoms with E-state index in [2.05, 4.69) is 24.6 Å². The van der Waals surface area contributed by atoms with Crippen LogP contribution in [0.25, 0.3) is 22.6 Å². The van der Waals surface area contributed by atoms with E-state index in [1.807, 2.05) is 0 Å². The second kappa shape index (κ2) is 7.76. The molecule has 0 saturated carbocycles. The van der Waals surface area contributed by atoms with Gasteiger partial charge in [-0.2, -0.15) is 36.3 Å². The van der Waals surface area contributed by atoms with Gasteiger partial charge in [0.25, 0.3) is 6.01 Å². The molecule has 0 fully saturated rings. The molecule has 3 aromatic heterocycles. The maximum absolute atomic E-state index is 14.4. The van der Waals surface area contributed by atoms with E-state index in [9.17, 15) is 30.7 Å². The molecule has 4 rings (SSSR count). The summed E-state index contributed by atoms with van der Waals surface area (Å²) < 4.78 is 101. The highest BCUT2D eigenvalue weighted by molar-refractivity contribution is 5.72. The Morgan fingerprint density at radius 3 is 2.47 bits per heavy atom. The monoisotopic (exact) mass is 461 g/mol. The minimum Gasteiger partial charge on any atom is -0.460 e. The van der Waals surface area contributed by atoms with Gasteiger partial charge < -0.3 is 9.26 Å². The zero-order valence-electron chi connectivity index (χ0n) is 15.6. The van der Waals surface area contributed by atoms with E-state index in [-0.39, 0.29) is 34.9 Å². The molecule has 0 saturated heterocycles. The molecule has 0 aliphatic rings. The molecule has 0 aliphatic heterocycles. The van der Waals surface area contributed by atoms with Crippen LogP contribution >= 0.6 is 0 Å². The molecule has 0 unspecified atom stereocenters. The molecule has 0 N–H and O–H groups in total. The predicted molar refractivity (Wildman–Crippen MR) is 92.6 cm³/mol. The first-order valence-electron chi connectivity index (χ1n) is 8.72. The first-order chi connectivity index (χ1) is 15.0. The molecule has 4 aromatic rings. The fourth-order valence-corrected chi connectivity index (χ4v) is 2.80. The van der Waals surface area contributed by atoms with Gasteiger partial charge in [-0.25, -0.2) is 9.37 Å². The van der Waals surface area contributed by atoms with Gasteiger partial charge in [0.2, 0.25) is 5.82 Å². The summed E-state index contributed by atoms with van der Waals surface area (Å²) >= 11 is 0. The van der Waals surface area contributed by atoms with Crippen LogP contribution < -0.4 is 4.74 Å². The van der Waals surface area contributed by atoms with Crippen molar-refractivity contribution in [3.63, 3.8) is 0 Å². The fraction of sp³-hybridized carbons (Fsp3) is 0.222. The van der Waals surface area contributed by atoms with E-state index in [1.54, 1.807) is 0 Å². The molecular weight excluding hydrogens is 451 g/mol. The van der Waals surface area contributed by atoms with Gasteiger partial charge in [0.1, 0.15) is 24.5 Å². The molecule has 14 heteroatoms. The first kappa shape index (κ1) is 21.5. The number of halogens is 7. The molecule has 1 aromatic carbocycles. The second-order valence-corrected chi connectivity index (χ2v) is 6.47. The van der Waals surface area contributed by atoms with Crippen LogP contribution in [-0.2, 0) is 19.3 Å². The number of hydrogen-bond donors (Lipinski definition) is 0. The van der Waals surface area contributed by atoms with Crippen molar-refractivity contribution in [1.82, 2.24) is 24.7 Å². The van der Waals surface area contributed by atoms with Crippen molar-refractivity contribution in [1.29, 1.82) is 0 Å². The lowest BCUT2D eigenvalue weighted by atomic mass is 10.1. The molecular formula is C18H10F7N5O2. The quantitative estimate of drug-likeness (QED) is 0.398. The van der Waals surface area contributed by atoms with Gasteiger partial charge in [0.05, 0.1) is 5.56 Å². The molecule has 168 valence electrons. The molecule has 3 heterocycles. The maximum atomic E-state index is 14.4. The number of rotatable bonds is 5. The highest BCUT2D eigenvalue weighted by Crippen LogP contribution is 2.31. The number of fused-ring (bicyclic) bond motifs is 1. The van der Waals surface area contributed by atoms with Gasteiger partial charge in [0.15, 0.2) is 5.65 Å². The normalized spacial score (nSPS) is 12.5. The minimum atomic E-state index is -4.88. The standard InChI is InChI=1S/C18H10F7N5O2/c19-11-6-9(3-4-10(11)13-28-15(32-29-13)18(23,24)25)7-31-16-27-12-2-1-5-26-14(12)30(16)8-17(20,21)22/h1-6H,7-8H2. The average Bonchev–Trinajstić information content (AvgIpc) is 3.31. The van der Waals surface area contributed by atoms with Crippen LogP contribution in [0.2, 0.25) is 0 Å². The molecule has 0 radical (unpaired) electrons. The predicted octanol–water partition coefficient (Wildman–Crippen LogP) is 4.78. The van der Waals surface area contributed by atoms with Gasteiger partial charge in [-0.05, 0) is 29.8 Å². The van der Waals surface area contributed by atoms with Crippen LogP contribution in [-0.4, -0.2) is 30.9 Å². The Morgan fingerprint density at radius 1 is 1.03 bits per heavy atom. The van der Waals surface area contributed by atoms with Crippen molar-refractivity contribution < 1.29 is 40.0 Å². The molecule has 0 amide bonds. The Labute approximate surface area is 173 Å². The zero-order valence-corrected chi connectivity index (χ0v) is 15.6. The van der Waals surface area contributed by atoms with Crippen molar-refractivity contribution in [3.05, 3.63) is 53.8 Å². The van der Waals surface area contributed by atoms with Gasteiger partial charge in [-0.1, -0.05) is 11.2 Å². The third-order valence-corrected chi connectivity index (χ3v) is 4.12. The third kappa shape index (κ3) is 4.48. The summed E-state index contributed by atoms with van der Waals surface area (Å²) in [6, 6.07) is 5.88. The Morgan fingerprint density at radius 2 is 1.81 bits per heavy atom. The van der Waals surface area contributed by atoms with Crippen LogP contribution in [0.3, 0.4) is 0 Å². The van der Waals surface area contributed by atoms with E-state index in [0.717, 1.165) is 16.7 Å². The average molecular weight is 461 g/mol. The number of ether oxygens (including phenoxy) is 1. The van der Waals surface area contributed by atoms with Crippen LogP contribution in [0.15, 0.2) is 41.1 Å². The SMILES string of the molecule is Fc1cc(COc2nc3cccnc3n2CC(F)(F)F)ccc1-c1noc(C(F)(F)F)n1. The summed E-state index contributed by atoms with van der Waals surface area (Å²) in [4.78, 5) is 11.0.